The number of halogens is 2. The van der Waals surface area contributed by atoms with Gasteiger partial charge in [-0.05, 0) is 30.7 Å². The Morgan fingerprint density at radius 3 is 2.56 bits per heavy atom. The molecule has 6 heteroatoms. The normalized spacial score (nSPS) is 12.0. The van der Waals surface area contributed by atoms with Crippen LogP contribution in [0.5, 0.6) is 5.75 Å². The molecular weight excluding hydrogens is 242 g/mol. The Morgan fingerprint density at radius 1 is 1.44 bits per heavy atom. The van der Waals surface area contributed by atoms with Crippen LogP contribution < -0.4 is 15.8 Å². The molecule has 0 spiro atoms. The molecule has 0 bridgehead atoms. The summed E-state index contributed by atoms with van der Waals surface area (Å²) < 4.78 is 28.0. The lowest BCUT2D eigenvalue weighted by Crippen LogP contribution is -2.35. The van der Waals surface area contributed by atoms with Crippen LogP contribution in [0, 0.1) is 0 Å². The van der Waals surface area contributed by atoms with Crippen LogP contribution >= 0.6 is 0 Å². The third-order valence-corrected chi connectivity index (χ3v) is 2.10. The molecule has 0 aliphatic rings. The monoisotopic (exact) mass is 256 g/mol. The van der Waals surface area contributed by atoms with E-state index in [4.69, 9.17) is 5.73 Å². The first kappa shape index (κ1) is 14.1. The van der Waals surface area contributed by atoms with E-state index in [2.05, 4.69) is 16.6 Å². The molecule has 98 valence electrons. The first-order chi connectivity index (χ1) is 8.52. The predicted molar refractivity (Wildman–Crippen MR) is 64.5 cm³/mol. The maximum Gasteiger partial charge on any atom is 0.387 e. The number of carbonyl (C=O) groups is 1. The minimum absolute atomic E-state index is 0.0263. The Morgan fingerprint density at radius 2 is 2.06 bits per heavy atom. The van der Waals surface area contributed by atoms with Gasteiger partial charge in [-0.15, -0.1) is 6.58 Å². The summed E-state index contributed by atoms with van der Waals surface area (Å²) in [5.74, 6) is -0.337. The third-order valence-electron chi connectivity index (χ3n) is 2.10. The highest BCUT2D eigenvalue weighted by Crippen LogP contribution is 2.17. The number of nitrogens with two attached hydrogens (primary N) is 1. The van der Waals surface area contributed by atoms with Crippen molar-refractivity contribution in [3.05, 3.63) is 36.9 Å². The predicted octanol–water partition coefficient (Wildman–Crippen LogP) is 2.13. The maximum absolute atomic E-state index is 11.9. The van der Waals surface area contributed by atoms with Crippen molar-refractivity contribution in [2.45, 2.75) is 19.1 Å². The Kier molecular flexibility index (Phi) is 5.26. The number of amides is 1. The van der Waals surface area contributed by atoms with E-state index in [-0.39, 0.29) is 11.7 Å². The van der Waals surface area contributed by atoms with Crippen LogP contribution in [-0.2, 0) is 4.79 Å². The van der Waals surface area contributed by atoms with E-state index < -0.39 is 12.7 Å². The van der Waals surface area contributed by atoms with Gasteiger partial charge in [0, 0.05) is 5.69 Å². The van der Waals surface area contributed by atoms with E-state index in [9.17, 15) is 13.6 Å². The van der Waals surface area contributed by atoms with Gasteiger partial charge >= 0.3 is 6.61 Å². The van der Waals surface area contributed by atoms with Gasteiger partial charge in [0.25, 0.3) is 0 Å². The minimum Gasteiger partial charge on any atom is -0.435 e. The Balaban J connectivity index is 2.58. The molecule has 1 unspecified atom stereocenters. The zero-order chi connectivity index (χ0) is 13.5. The van der Waals surface area contributed by atoms with Crippen LogP contribution in [0.25, 0.3) is 0 Å². The molecule has 3 N–H and O–H groups in total. The summed E-state index contributed by atoms with van der Waals surface area (Å²) in [7, 11) is 0. The molecule has 0 aliphatic carbocycles. The average Bonchev–Trinajstić information content (AvgIpc) is 2.31. The van der Waals surface area contributed by atoms with Crippen molar-refractivity contribution in [2.24, 2.45) is 5.73 Å². The number of benzene rings is 1. The van der Waals surface area contributed by atoms with E-state index in [1.54, 1.807) is 6.08 Å². The molecule has 0 radical (unpaired) electrons. The number of hydrogen-bond donors (Lipinski definition) is 2. The van der Waals surface area contributed by atoms with Gasteiger partial charge in [0.2, 0.25) is 5.91 Å². The van der Waals surface area contributed by atoms with Gasteiger partial charge in [-0.25, -0.2) is 0 Å². The van der Waals surface area contributed by atoms with Gasteiger partial charge in [-0.3, -0.25) is 4.79 Å². The quantitative estimate of drug-likeness (QED) is 0.766. The summed E-state index contributed by atoms with van der Waals surface area (Å²) in [5.41, 5.74) is 6.02. The highest BCUT2D eigenvalue weighted by Gasteiger charge is 2.11. The van der Waals surface area contributed by atoms with Crippen LogP contribution in [0.15, 0.2) is 36.9 Å². The highest BCUT2D eigenvalue weighted by atomic mass is 19.3. The van der Waals surface area contributed by atoms with E-state index in [1.807, 2.05) is 0 Å². The largest absolute Gasteiger partial charge is 0.435 e. The van der Waals surface area contributed by atoms with Crippen LogP contribution in [0.2, 0.25) is 0 Å². The molecular formula is C12H14F2N2O2. The number of carbonyl (C=O) groups excluding carboxylic acids is 1. The Bertz CT molecular complexity index is 407. The maximum atomic E-state index is 11.9. The van der Waals surface area contributed by atoms with Gasteiger partial charge in [-0.2, -0.15) is 8.78 Å². The molecule has 1 aromatic carbocycles. The zero-order valence-corrected chi connectivity index (χ0v) is 9.61. The number of anilines is 1. The topological polar surface area (TPSA) is 64.4 Å². The van der Waals surface area contributed by atoms with Crippen LogP contribution in [0.1, 0.15) is 6.42 Å². The fourth-order valence-corrected chi connectivity index (χ4v) is 1.24. The summed E-state index contributed by atoms with van der Waals surface area (Å²) in [6.07, 6.45) is 1.90. The smallest absolute Gasteiger partial charge is 0.387 e. The Hall–Kier alpha value is -1.95. The van der Waals surface area contributed by atoms with Gasteiger partial charge in [0.05, 0.1) is 6.04 Å². The van der Waals surface area contributed by atoms with E-state index in [1.165, 1.54) is 24.3 Å². The number of rotatable bonds is 6. The molecule has 0 heterocycles. The molecule has 0 saturated carbocycles. The molecule has 4 nitrogen and oxygen atoms in total. The van der Waals surface area contributed by atoms with E-state index in [0.717, 1.165) is 0 Å². The molecule has 0 aliphatic heterocycles. The minimum atomic E-state index is -2.87. The summed E-state index contributed by atoms with van der Waals surface area (Å²) in [6, 6.07) is 4.90. The second kappa shape index (κ2) is 6.70. The average molecular weight is 256 g/mol. The highest BCUT2D eigenvalue weighted by molar-refractivity contribution is 5.94. The summed E-state index contributed by atoms with van der Waals surface area (Å²) in [6.45, 7) is 0.613. The van der Waals surface area contributed by atoms with Gasteiger partial charge < -0.3 is 15.8 Å². The third kappa shape index (κ3) is 4.50. The fraction of sp³-hybridized carbons (Fsp3) is 0.250. The van der Waals surface area contributed by atoms with Crippen molar-refractivity contribution in [1.29, 1.82) is 0 Å². The van der Waals surface area contributed by atoms with Crippen molar-refractivity contribution < 1.29 is 18.3 Å². The second-order valence-electron chi connectivity index (χ2n) is 3.52. The van der Waals surface area contributed by atoms with Crippen molar-refractivity contribution in [1.82, 2.24) is 0 Å². The lowest BCUT2D eigenvalue weighted by Gasteiger charge is -2.11. The molecule has 0 fully saturated rings. The standard InChI is InChI=1S/C12H14F2N2O2/c1-2-3-10(15)11(17)16-8-4-6-9(7-5-8)18-12(13)14/h2,4-7,10,12H,1,3,15H2,(H,16,17). The molecule has 18 heavy (non-hydrogen) atoms. The first-order valence-electron chi connectivity index (χ1n) is 5.25. The number of ether oxygens (including phenoxy) is 1. The fourth-order valence-electron chi connectivity index (χ4n) is 1.24. The zero-order valence-electron chi connectivity index (χ0n) is 9.61. The summed E-state index contributed by atoms with van der Waals surface area (Å²) in [5, 5.41) is 2.55. The summed E-state index contributed by atoms with van der Waals surface area (Å²) >= 11 is 0. The van der Waals surface area contributed by atoms with Crippen LogP contribution in [-0.4, -0.2) is 18.6 Å². The first-order valence-corrected chi connectivity index (χ1v) is 5.25. The molecule has 1 atom stereocenters. The summed E-state index contributed by atoms with van der Waals surface area (Å²) in [4.78, 5) is 11.5. The van der Waals surface area contributed by atoms with Crippen molar-refractivity contribution in [3.63, 3.8) is 0 Å². The molecule has 1 amide bonds. The van der Waals surface area contributed by atoms with E-state index >= 15 is 0 Å². The van der Waals surface area contributed by atoms with Crippen LogP contribution in [0.3, 0.4) is 0 Å². The van der Waals surface area contributed by atoms with Crippen molar-refractivity contribution in [2.75, 3.05) is 5.32 Å². The SMILES string of the molecule is C=CCC(N)C(=O)Nc1ccc(OC(F)F)cc1. The lowest BCUT2D eigenvalue weighted by atomic mass is 10.2. The number of alkyl halides is 2. The Labute approximate surface area is 103 Å². The number of nitrogens with one attached hydrogen (secondary N) is 1. The molecule has 0 aromatic heterocycles. The molecule has 1 rings (SSSR count). The molecule has 0 saturated heterocycles. The van der Waals surface area contributed by atoms with Crippen molar-refractivity contribution in [3.8, 4) is 5.75 Å². The number of hydrogen-bond acceptors (Lipinski definition) is 3. The van der Waals surface area contributed by atoms with Gasteiger partial charge in [-0.1, -0.05) is 6.08 Å². The van der Waals surface area contributed by atoms with Crippen molar-refractivity contribution >= 4 is 11.6 Å². The van der Waals surface area contributed by atoms with Gasteiger partial charge in [0.15, 0.2) is 0 Å². The lowest BCUT2D eigenvalue weighted by molar-refractivity contribution is -0.117. The van der Waals surface area contributed by atoms with Crippen LogP contribution in [0.4, 0.5) is 14.5 Å². The molecule has 1 aromatic rings. The van der Waals surface area contributed by atoms with Gasteiger partial charge in [0.1, 0.15) is 5.75 Å². The van der Waals surface area contributed by atoms with E-state index in [0.29, 0.717) is 12.1 Å². The second-order valence-corrected chi connectivity index (χ2v) is 3.52.